The number of Topliss-reactive ketones (excluding diaryl/α,β-unsaturated/α-hetero) is 1. The van der Waals surface area contributed by atoms with Gasteiger partial charge in [-0.25, -0.2) is 0 Å². The molecule has 4 nitrogen and oxygen atoms in total. The lowest BCUT2D eigenvalue weighted by Gasteiger charge is -2.21. The van der Waals surface area contributed by atoms with Crippen molar-refractivity contribution in [1.29, 1.82) is 0 Å². The van der Waals surface area contributed by atoms with Crippen molar-refractivity contribution in [2.24, 2.45) is 5.92 Å². The Morgan fingerprint density at radius 3 is 2.56 bits per heavy atom. The second kappa shape index (κ2) is 5.78. The first-order valence-corrected chi connectivity index (χ1v) is 6.16. The monoisotopic (exact) mass is 247 g/mol. The van der Waals surface area contributed by atoms with Crippen molar-refractivity contribution >= 4 is 17.4 Å². The highest BCUT2D eigenvalue weighted by Crippen LogP contribution is 2.17. The molecule has 1 saturated heterocycles. The van der Waals surface area contributed by atoms with Crippen LogP contribution < -0.4 is 5.32 Å². The Balaban J connectivity index is 1.96. The van der Waals surface area contributed by atoms with Gasteiger partial charge in [0.05, 0.1) is 12.5 Å². The van der Waals surface area contributed by atoms with Crippen molar-refractivity contribution in [1.82, 2.24) is 0 Å². The molecule has 1 atom stereocenters. The fraction of sp³-hybridized carbons (Fsp3) is 0.429. The molecule has 0 bridgehead atoms. The number of anilines is 1. The fourth-order valence-corrected chi connectivity index (χ4v) is 1.98. The number of ketones is 1. The largest absolute Gasteiger partial charge is 0.381 e. The molecule has 18 heavy (non-hydrogen) atoms. The van der Waals surface area contributed by atoms with E-state index in [1.807, 2.05) is 0 Å². The van der Waals surface area contributed by atoms with Crippen LogP contribution in [0.4, 0.5) is 5.69 Å². The lowest BCUT2D eigenvalue weighted by molar-refractivity contribution is -0.123. The Hall–Kier alpha value is -1.68. The molecule has 1 fully saturated rings. The summed E-state index contributed by atoms with van der Waals surface area (Å²) >= 11 is 0. The molecule has 1 heterocycles. The Morgan fingerprint density at radius 1 is 1.28 bits per heavy atom. The third-order valence-electron chi connectivity index (χ3n) is 3.09. The highest BCUT2D eigenvalue weighted by molar-refractivity contribution is 5.96. The highest BCUT2D eigenvalue weighted by atomic mass is 16.5. The quantitative estimate of drug-likeness (QED) is 0.833. The van der Waals surface area contributed by atoms with Crippen molar-refractivity contribution in [3.8, 4) is 0 Å². The van der Waals surface area contributed by atoms with E-state index in [-0.39, 0.29) is 17.6 Å². The van der Waals surface area contributed by atoms with Crippen LogP contribution in [0.15, 0.2) is 24.3 Å². The Morgan fingerprint density at radius 2 is 2.00 bits per heavy atom. The molecule has 0 aromatic heterocycles. The standard InChI is InChI=1S/C14H17NO3/c1-10(16)11-4-6-13(7-5-11)15-14(17)12-3-2-8-18-9-12/h4-7,12H,2-3,8-9H2,1H3,(H,15,17). The van der Waals surface area contributed by atoms with E-state index in [1.54, 1.807) is 24.3 Å². The summed E-state index contributed by atoms with van der Waals surface area (Å²) in [6, 6.07) is 6.93. The van der Waals surface area contributed by atoms with Gasteiger partial charge in [-0.1, -0.05) is 0 Å². The molecule has 1 unspecified atom stereocenters. The van der Waals surface area contributed by atoms with Gasteiger partial charge in [-0.2, -0.15) is 0 Å². The van der Waals surface area contributed by atoms with Crippen LogP contribution in [0.2, 0.25) is 0 Å². The fourth-order valence-electron chi connectivity index (χ4n) is 1.98. The summed E-state index contributed by atoms with van der Waals surface area (Å²) < 4.78 is 5.29. The van der Waals surface area contributed by atoms with Crippen LogP contribution in [0.1, 0.15) is 30.1 Å². The average molecular weight is 247 g/mol. The molecule has 96 valence electrons. The number of nitrogens with one attached hydrogen (secondary N) is 1. The molecule has 0 saturated carbocycles. The van der Waals surface area contributed by atoms with Gasteiger partial charge in [-0.3, -0.25) is 9.59 Å². The van der Waals surface area contributed by atoms with Crippen LogP contribution in [0.25, 0.3) is 0 Å². The molecule has 1 aromatic carbocycles. The Kier molecular flexibility index (Phi) is 4.10. The summed E-state index contributed by atoms with van der Waals surface area (Å²) in [5, 5.41) is 2.85. The number of carbonyl (C=O) groups excluding carboxylic acids is 2. The van der Waals surface area contributed by atoms with E-state index < -0.39 is 0 Å². The van der Waals surface area contributed by atoms with Gasteiger partial charge in [0.1, 0.15) is 0 Å². The maximum absolute atomic E-state index is 11.9. The topological polar surface area (TPSA) is 55.4 Å². The van der Waals surface area contributed by atoms with Gasteiger partial charge >= 0.3 is 0 Å². The first-order chi connectivity index (χ1) is 8.66. The summed E-state index contributed by atoms with van der Waals surface area (Å²) in [7, 11) is 0. The van der Waals surface area contributed by atoms with Gasteiger partial charge in [0.15, 0.2) is 5.78 Å². The number of carbonyl (C=O) groups is 2. The maximum Gasteiger partial charge on any atom is 0.229 e. The molecule has 1 aliphatic heterocycles. The molecule has 1 aromatic rings. The van der Waals surface area contributed by atoms with E-state index in [0.29, 0.717) is 12.2 Å². The number of benzene rings is 1. The van der Waals surface area contributed by atoms with Crippen LogP contribution in [0.5, 0.6) is 0 Å². The molecule has 0 aliphatic carbocycles. The molecule has 4 heteroatoms. The minimum Gasteiger partial charge on any atom is -0.381 e. The number of rotatable bonds is 3. The average Bonchev–Trinajstić information content (AvgIpc) is 2.40. The minimum absolute atomic E-state index is 0.00900. The molecule has 1 amide bonds. The molecular formula is C14H17NO3. The lowest BCUT2D eigenvalue weighted by atomic mass is 10.0. The summed E-state index contributed by atoms with van der Waals surface area (Å²) in [6.07, 6.45) is 1.80. The van der Waals surface area contributed by atoms with Crippen LogP contribution in [-0.2, 0) is 9.53 Å². The van der Waals surface area contributed by atoms with Crippen molar-refractivity contribution < 1.29 is 14.3 Å². The Bertz CT molecular complexity index is 433. The zero-order chi connectivity index (χ0) is 13.0. The second-order valence-electron chi connectivity index (χ2n) is 4.54. The summed E-state index contributed by atoms with van der Waals surface area (Å²) in [6.45, 7) is 2.77. The van der Waals surface area contributed by atoms with E-state index in [1.165, 1.54) is 6.92 Å². The van der Waals surface area contributed by atoms with Crippen molar-refractivity contribution in [2.45, 2.75) is 19.8 Å². The predicted octanol–water partition coefficient (Wildman–Crippen LogP) is 2.25. The third-order valence-corrected chi connectivity index (χ3v) is 3.09. The zero-order valence-electron chi connectivity index (χ0n) is 10.4. The zero-order valence-corrected chi connectivity index (χ0v) is 10.4. The van der Waals surface area contributed by atoms with Gasteiger partial charge in [-0.15, -0.1) is 0 Å². The van der Waals surface area contributed by atoms with E-state index in [2.05, 4.69) is 5.32 Å². The number of hydrogen-bond donors (Lipinski definition) is 1. The Labute approximate surface area is 106 Å². The predicted molar refractivity (Wildman–Crippen MR) is 68.6 cm³/mol. The summed E-state index contributed by atoms with van der Waals surface area (Å²) in [5.74, 6) is -0.0509. The summed E-state index contributed by atoms with van der Waals surface area (Å²) in [4.78, 5) is 23.1. The highest BCUT2D eigenvalue weighted by Gasteiger charge is 2.21. The van der Waals surface area contributed by atoms with Crippen molar-refractivity contribution in [3.05, 3.63) is 29.8 Å². The van der Waals surface area contributed by atoms with Gasteiger partial charge in [0, 0.05) is 17.9 Å². The number of amides is 1. The molecule has 0 radical (unpaired) electrons. The van der Waals surface area contributed by atoms with E-state index in [4.69, 9.17) is 4.74 Å². The summed E-state index contributed by atoms with van der Waals surface area (Å²) in [5.41, 5.74) is 1.37. The van der Waals surface area contributed by atoms with Gasteiger partial charge in [-0.05, 0) is 44.0 Å². The molecule has 1 N–H and O–H groups in total. The van der Waals surface area contributed by atoms with E-state index in [9.17, 15) is 9.59 Å². The molecule has 2 rings (SSSR count). The smallest absolute Gasteiger partial charge is 0.229 e. The molecule has 1 aliphatic rings. The van der Waals surface area contributed by atoms with Crippen LogP contribution in [0.3, 0.4) is 0 Å². The molecule has 0 spiro atoms. The number of ether oxygens (including phenoxy) is 1. The minimum atomic E-state index is -0.0637. The van der Waals surface area contributed by atoms with Crippen molar-refractivity contribution in [3.63, 3.8) is 0 Å². The van der Waals surface area contributed by atoms with Crippen LogP contribution in [-0.4, -0.2) is 24.9 Å². The lowest BCUT2D eigenvalue weighted by Crippen LogP contribution is -2.30. The first kappa shape index (κ1) is 12.8. The molecular weight excluding hydrogens is 230 g/mol. The van der Waals surface area contributed by atoms with Crippen molar-refractivity contribution in [2.75, 3.05) is 18.5 Å². The van der Waals surface area contributed by atoms with Crippen LogP contribution in [0, 0.1) is 5.92 Å². The van der Waals surface area contributed by atoms with E-state index in [0.717, 1.165) is 25.1 Å². The van der Waals surface area contributed by atoms with E-state index >= 15 is 0 Å². The van der Waals surface area contributed by atoms with Gasteiger partial charge in [0.2, 0.25) is 5.91 Å². The maximum atomic E-state index is 11.9. The SMILES string of the molecule is CC(=O)c1ccc(NC(=O)C2CCCOC2)cc1. The second-order valence-corrected chi connectivity index (χ2v) is 4.54. The van der Waals surface area contributed by atoms with Gasteiger partial charge < -0.3 is 10.1 Å². The van der Waals surface area contributed by atoms with Gasteiger partial charge in [0.25, 0.3) is 0 Å². The van der Waals surface area contributed by atoms with Crippen LogP contribution >= 0.6 is 0 Å². The first-order valence-electron chi connectivity index (χ1n) is 6.16. The number of hydrogen-bond acceptors (Lipinski definition) is 3. The normalized spacial score (nSPS) is 19.3. The third kappa shape index (κ3) is 3.17.